The third-order valence-electron chi connectivity index (χ3n) is 4.16. The first-order chi connectivity index (χ1) is 13.6. The zero-order valence-electron chi connectivity index (χ0n) is 14.8. The molecule has 2 nitrogen and oxygen atoms in total. The second-order valence-electron chi connectivity index (χ2n) is 6.21. The van der Waals surface area contributed by atoms with Crippen molar-refractivity contribution in [3.05, 3.63) is 74.3 Å². The lowest BCUT2D eigenvalue weighted by Gasteiger charge is -2.19. The van der Waals surface area contributed by atoms with Gasteiger partial charge in [-0.25, -0.2) is 9.18 Å². The third kappa shape index (κ3) is 5.26. The molecule has 0 aromatic heterocycles. The molecule has 1 unspecified atom stereocenters. The summed E-state index contributed by atoms with van der Waals surface area (Å²) in [7, 11) is 0. The Morgan fingerprint density at radius 3 is 2.00 bits per heavy atom. The zero-order chi connectivity index (χ0) is 23.0. The first-order valence-corrected chi connectivity index (χ1v) is 8.73. The molecule has 0 radical (unpaired) electrons. The van der Waals surface area contributed by atoms with Gasteiger partial charge in [0.2, 0.25) is 0 Å². The molecule has 0 aliphatic rings. The molecule has 0 saturated carbocycles. The molecular weight excluding hydrogens is 464 g/mol. The number of aromatic carboxylic acids is 1. The van der Waals surface area contributed by atoms with Gasteiger partial charge in [0.05, 0.1) is 11.1 Å². The van der Waals surface area contributed by atoms with E-state index in [0.29, 0.717) is 17.7 Å². The van der Waals surface area contributed by atoms with Gasteiger partial charge in [-0.3, -0.25) is 0 Å². The summed E-state index contributed by atoms with van der Waals surface area (Å²) in [5.74, 6) is -6.12. The molecule has 1 N–H and O–H groups in total. The fraction of sp³-hybridized carbons (Fsp3) is 0.211. The summed E-state index contributed by atoms with van der Waals surface area (Å²) in [6.45, 7) is 1.45. The summed E-state index contributed by atoms with van der Waals surface area (Å²) in [5, 5.41) is 8.64. The predicted molar refractivity (Wildman–Crippen MR) is 97.5 cm³/mol. The minimum atomic E-state index is -5.16. The predicted octanol–water partition coefficient (Wildman–Crippen LogP) is 7.68. The molecule has 2 aromatic rings. The number of halogens is 9. The minimum Gasteiger partial charge on any atom is -0.478 e. The van der Waals surface area contributed by atoms with E-state index in [1.165, 1.54) is 6.92 Å². The highest BCUT2D eigenvalue weighted by molar-refractivity contribution is 6.36. The molecule has 0 heterocycles. The van der Waals surface area contributed by atoms with Crippen molar-refractivity contribution >= 4 is 35.0 Å². The largest absolute Gasteiger partial charge is 0.478 e. The molecule has 2 rings (SSSR count). The quantitative estimate of drug-likeness (QED) is 0.461. The lowest BCUT2D eigenvalue weighted by Crippen LogP contribution is -2.19. The van der Waals surface area contributed by atoms with Gasteiger partial charge in [0.25, 0.3) is 0 Å². The lowest BCUT2D eigenvalue weighted by molar-refractivity contribution is -0.140. The van der Waals surface area contributed by atoms with Crippen LogP contribution in [0.4, 0.5) is 30.7 Å². The average Bonchev–Trinajstić information content (AvgIpc) is 2.61. The van der Waals surface area contributed by atoms with E-state index in [-0.39, 0.29) is 22.2 Å². The van der Waals surface area contributed by atoms with Gasteiger partial charge in [0.15, 0.2) is 0 Å². The van der Waals surface area contributed by atoms with Crippen molar-refractivity contribution in [1.29, 1.82) is 0 Å². The molecule has 30 heavy (non-hydrogen) atoms. The number of carboxylic acids is 1. The van der Waals surface area contributed by atoms with Crippen molar-refractivity contribution < 1.29 is 40.6 Å². The van der Waals surface area contributed by atoms with E-state index in [1.54, 1.807) is 0 Å². The van der Waals surface area contributed by atoms with Crippen LogP contribution in [-0.2, 0) is 6.18 Å². The van der Waals surface area contributed by atoms with Gasteiger partial charge >= 0.3 is 18.3 Å². The molecule has 0 saturated heterocycles. The van der Waals surface area contributed by atoms with E-state index in [4.69, 9.17) is 28.3 Å². The lowest BCUT2D eigenvalue weighted by atomic mass is 9.95. The van der Waals surface area contributed by atoms with Crippen LogP contribution in [0.15, 0.2) is 36.4 Å². The van der Waals surface area contributed by atoms with Crippen molar-refractivity contribution in [2.45, 2.75) is 25.2 Å². The molecule has 0 spiro atoms. The van der Waals surface area contributed by atoms with E-state index in [0.717, 1.165) is 12.1 Å². The highest BCUT2D eigenvalue weighted by Crippen LogP contribution is 2.41. The highest BCUT2D eigenvalue weighted by Gasteiger charge is 2.41. The normalized spacial score (nSPS) is 14.0. The van der Waals surface area contributed by atoms with Gasteiger partial charge in [0, 0.05) is 15.6 Å². The first-order valence-electron chi connectivity index (χ1n) is 7.97. The van der Waals surface area contributed by atoms with Crippen molar-refractivity contribution in [3.63, 3.8) is 0 Å². The summed E-state index contributed by atoms with van der Waals surface area (Å²) in [5.41, 5.74) is -3.95. The SMILES string of the molecule is Cc1c(Cl)cc(C(/C=C(\F)c2ccc(C(=O)O)c(C(F)(F)F)c2)C(F)(F)F)cc1Cl. The van der Waals surface area contributed by atoms with Gasteiger partial charge in [-0.2, -0.15) is 26.3 Å². The monoisotopic (exact) mass is 474 g/mol. The van der Waals surface area contributed by atoms with Crippen molar-refractivity contribution in [2.24, 2.45) is 0 Å². The van der Waals surface area contributed by atoms with Crippen LogP contribution in [0.5, 0.6) is 0 Å². The van der Waals surface area contributed by atoms with E-state index < -0.39 is 52.3 Å². The Kier molecular flexibility index (Phi) is 6.78. The van der Waals surface area contributed by atoms with Gasteiger partial charge in [-0.05, 0) is 48.4 Å². The Morgan fingerprint density at radius 1 is 1.03 bits per heavy atom. The molecule has 162 valence electrons. The maximum absolute atomic E-state index is 14.6. The second-order valence-corrected chi connectivity index (χ2v) is 7.02. The Morgan fingerprint density at radius 2 is 1.57 bits per heavy atom. The number of alkyl halides is 6. The first kappa shape index (κ1) is 24.0. The molecule has 1 atom stereocenters. The maximum Gasteiger partial charge on any atom is 0.417 e. The third-order valence-corrected chi connectivity index (χ3v) is 4.94. The van der Waals surface area contributed by atoms with Crippen molar-refractivity contribution in [2.75, 3.05) is 0 Å². The van der Waals surface area contributed by atoms with Crippen molar-refractivity contribution in [3.8, 4) is 0 Å². The van der Waals surface area contributed by atoms with E-state index >= 15 is 0 Å². The van der Waals surface area contributed by atoms with Crippen LogP contribution >= 0.6 is 23.2 Å². The number of carbonyl (C=O) groups is 1. The number of hydrogen-bond acceptors (Lipinski definition) is 1. The summed E-state index contributed by atoms with van der Waals surface area (Å²) >= 11 is 11.7. The molecule has 0 fully saturated rings. The van der Waals surface area contributed by atoms with E-state index in [9.17, 15) is 35.5 Å². The maximum atomic E-state index is 14.6. The molecule has 0 aliphatic carbocycles. The fourth-order valence-electron chi connectivity index (χ4n) is 2.58. The van der Waals surface area contributed by atoms with Gasteiger partial charge in [0.1, 0.15) is 11.7 Å². The number of benzene rings is 2. The Balaban J connectivity index is 2.62. The van der Waals surface area contributed by atoms with Gasteiger partial charge in [-0.15, -0.1) is 0 Å². The fourth-order valence-corrected chi connectivity index (χ4v) is 3.08. The summed E-state index contributed by atoms with van der Waals surface area (Å²) < 4.78 is 94.4. The van der Waals surface area contributed by atoms with E-state index in [2.05, 4.69) is 0 Å². The standard InChI is InChI=1S/C19H11Cl2F7O2/c1-8-14(20)5-10(6-15(8)21)12(18(23,24)25)7-16(22)9-2-3-11(17(29)30)13(4-9)19(26,27)28/h2-7,12H,1H3,(H,29,30)/b16-7-. The van der Waals surface area contributed by atoms with Crippen molar-refractivity contribution in [1.82, 2.24) is 0 Å². The zero-order valence-corrected chi connectivity index (χ0v) is 16.3. The van der Waals surface area contributed by atoms with Crippen LogP contribution in [-0.4, -0.2) is 17.3 Å². The van der Waals surface area contributed by atoms with Crippen LogP contribution in [0.1, 0.15) is 38.5 Å². The van der Waals surface area contributed by atoms with Crippen LogP contribution in [0.25, 0.3) is 5.83 Å². The van der Waals surface area contributed by atoms with Gasteiger partial charge in [-0.1, -0.05) is 29.3 Å². The summed E-state index contributed by atoms with van der Waals surface area (Å²) in [4.78, 5) is 11.0. The smallest absolute Gasteiger partial charge is 0.417 e. The number of carboxylic acid groups (broad SMARTS) is 1. The summed E-state index contributed by atoms with van der Waals surface area (Å²) in [6, 6.07) is 3.11. The number of hydrogen-bond donors (Lipinski definition) is 1. The number of rotatable bonds is 4. The second kappa shape index (κ2) is 8.47. The summed E-state index contributed by atoms with van der Waals surface area (Å²) in [6.07, 6.45) is -10.1. The highest BCUT2D eigenvalue weighted by atomic mass is 35.5. The molecule has 0 aliphatic heterocycles. The number of allylic oxidation sites excluding steroid dienone is 1. The van der Waals surface area contributed by atoms with E-state index in [1.807, 2.05) is 0 Å². The molecule has 11 heteroatoms. The molecule has 2 aromatic carbocycles. The van der Waals surface area contributed by atoms with Crippen LogP contribution in [0.2, 0.25) is 10.0 Å². The average molecular weight is 475 g/mol. The van der Waals surface area contributed by atoms with Crippen LogP contribution < -0.4 is 0 Å². The Labute approximate surface area is 175 Å². The molecule has 0 amide bonds. The topological polar surface area (TPSA) is 37.3 Å². The Bertz CT molecular complexity index is 988. The molecule has 0 bridgehead atoms. The minimum absolute atomic E-state index is 0.0766. The Hall–Kier alpha value is -2.26. The molecular formula is C19H11Cl2F7O2. The van der Waals surface area contributed by atoms with Crippen LogP contribution in [0, 0.1) is 6.92 Å². The van der Waals surface area contributed by atoms with Crippen LogP contribution in [0.3, 0.4) is 0 Å². The van der Waals surface area contributed by atoms with Gasteiger partial charge < -0.3 is 5.11 Å².